The molecule has 1 aliphatic heterocycles. The lowest BCUT2D eigenvalue weighted by atomic mass is 10.1. The molecule has 1 aliphatic rings. The lowest BCUT2D eigenvalue weighted by Gasteiger charge is -2.20. The summed E-state index contributed by atoms with van der Waals surface area (Å²) in [6, 6.07) is 14.1. The maximum absolute atomic E-state index is 13.1. The molecule has 1 atom stereocenters. The van der Waals surface area contributed by atoms with Gasteiger partial charge in [-0.15, -0.1) is 0 Å². The highest BCUT2D eigenvalue weighted by molar-refractivity contribution is 7.92. The number of hydrogen-bond acceptors (Lipinski definition) is 6. The van der Waals surface area contributed by atoms with Gasteiger partial charge in [-0.05, 0) is 63.1 Å². The van der Waals surface area contributed by atoms with E-state index in [0.717, 1.165) is 41.2 Å². The Morgan fingerprint density at radius 2 is 1.84 bits per heavy atom. The van der Waals surface area contributed by atoms with Gasteiger partial charge in [0.1, 0.15) is 0 Å². The summed E-state index contributed by atoms with van der Waals surface area (Å²) in [6.45, 7) is 4.69. The second-order valence-corrected chi connectivity index (χ2v) is 11.4. The van der Waals surface area contributed by atoms with Gasteiger partial charge in [0.2, 0.25) is 5.78 Å². The van der Waals surface area contributed by atoms with Crippen LogP contribution in [-0.4, -0.2) is 51.1 Å². The molecule has 0 spiro atoms. The van der Waals surface area contributed by atoms with Crippen LogP contribution in [0.4, 0.5) is 5.69 Å². The van der Waals surface area contributed by atoms with Gasteiger partial charge in [-0.25, -0.2) is 13.2 Å². The van der Waals surface area contributed by atoms with Gasteiger partial charge in [0.05, 0.1) is 27.3 Å². The van der Waals surface area contributed by atoms with E-state index in [1.807, 2.05) is 18.4 Å². The number of carbonyl (C=O) groups excluding carboxylic acids is 2. The lowest BCUT2D eigenvalue weighted by Crippen LogP contribution is -2.26. The summed E-state index contributed by atoms with van der Waals surface area (Å²) in [4.78, 5) is 25.6. The van der Waals surface area contributed by atoms with E-state index in [1.165, 1.54) is 19.2 Å². The third kappa shape index (κ3) is 5.74. The predicted octanol–water partition coefficient (Wildman–Crippen LogP) is 4.80. The molecule has 3 aromatic rings. The molecule has 0 N–H and O–H groups in total. The van der Waals surface area contributed by atoms with E-state index in [2.05, 4.69) is 0 Å². The molecule has 10 heteroatoms. The number of ether oxygens (including phenoxy) is 2. The van der Waals surface area contributed by atoms with Crippen LogP contribution in [0.2, 0.25) is 5.02 Å². The van der Waals surface area contributed by atoms with Gasteiger partial charge in [-0.3, -0.25) is 9.10 Å². The van der Waals surface area contributed by atoms with Gasteiger partial charge >= 0.3 is 5.97 Å². The monoisotopic (exact) mass is 544 g/mol. The van der Waals surface area contributed by atoms with Crippen LogP contribution >= 0.6 is 11.6 Å². The molecule has 2 aromatic carbocycles. The van der Waals surface area contributed by atoms with Gasteiger partial charge < -0.3 is 14.0 Å². The summed E-state index contributed by atoms with van der Waals surface area (Å²) in [5, 5.41) is 0.0218. The van der Waals surface area contributed by atoms with Crippen molar-refractivity contribution in [1.29, 1.82) is 0 Å². The number of sulfonamides is 1. The van der Waals surface area contributed by atoms with E-state index in [0.29, 0.717) is 17.8 Å². The Labute approximate surface area is 221 Å². The second-order valence-electron chi connectivity index (χ2n) is 8.98. The molecule has 1 aromatic heterocycles. The summed E-state index contributed by atoms with van der Waals surface area (Å²) in [5.41, 5.74) is 2.50. The SMILES string of the molecule is Cc1cc(C(=O)COC(=O)c2cc(S(=O)(=O)N(C)c3ccccc3)ccc2Cl)c(C)n1CC1CCCO1. The highest BCUT2D eigenvalue weighted by Gasteiger charge is 2.25. The minimum atomic E-state index is -3.97. The average molecular weight is 545 g/mol. The van der Waals surface area contributed by atoms with Crippen LogP contribution in [0.1, 0.15) is 44.9 Å². The number of para-hydroxylation sites is 1. The lowest BCUT2D eigenvalue weighted by molar-refractivity contribution is 0.0474. The van der Waals surface area contributed by atoms with Crippen molar-refractivity contribution in [1.82, 2.24) is 4.57 Å². The summed E-state index contributed by atoms with van der Waals surface area (Å²) < 4.78 is 40.4. The van der Waals surface area contributed by atoms with E-state index in [1.54, 1.807) is 36.4 Å². The Hall–Kier alpha value is -3.14. The summed E-state index contributed by atoms with van der Waals surface area (Å²) >= 11 is 6.19. The number of aryl methyl sites for hydroxylation is 1. The molecule has 4 rings (SSSR count). The van der Waals surface area contributed by atoms with Crippen LogP contribution in [0.25, 0.3) is 0 Å². The first kappa shape index (κ1) is 26.9. The molecule has 0 bridgehead atoms. The minimum Gasteiger partial charge on any atom is -0.454 e. The number of esters is 1. The van der Waals surface area contributed by atoms with Crippen molar-refractivity contribution in [3.63, 3.8) is 0 Å². The van der Waals surface area contributed by atoms with Gasteiger partial charge in [0.25, 0.3) is 10.0 Å². The Bertz CT molecular complexity index is 1410. The summed E-state index contributed by atoms with van der Waals surface area (Å²) in [7, 11) is -2.55. The van der Waals surface area contributed by atoms with Crippen LogP contribution < -0.4 is 4.31 Å². The second kappa shape index (κ2) is 11.1. The van der Waals surface area contributed by atoms with E-state index in [4.69, 9.17) is 21.1 Å². The quantitative estimate of drug-likeness (QED) is 0.283. The molecule has 1 fully saturated rings. The number of rotatable bonds is 9. The topological polar surface area (TPSA) is 94.9 Å². The normalized spacial score (nSPS) is 15.5. The number of aromatic nitrogens is 1. The van der Waals surface area contributed by atoms with Crippen LogP contribution in [0.5, 0.6) is 0 Å². The fourth-order valence-electron chi connectivity index (χ4n) is 4.40. The van der Waals surface area contributed by atoms with E-state index >= 15 is 0 Å². The van der Waals surface area contributed by atoms with E-state index in [9.17, 15) is 18.0 Å². The number of ketones is 1. The van der Waals surface area contributed by atoms with Crippen molar-refractivity contribution in [2.24, 2.45) is 0 Å². The zero-order valence-corrected chi connectivity index (χ0v) is 22.5. The van der Waals surface area contributed by atoms with E-state index < -0.39 is 22.6 Å². The van der Waals surface area contributed by atoms with Gasteiger partial charge in [-0.1, -0.05) is 29.8 Å². The molecule has 1 saturated heterocycles. The van der Waals surface area contributed by atoms with Crippen LogP contribution in [0, 0.1) is 13.8 Å². The maximum Gasteiger partial charge on any atom is 0.340 e. The highest BCUT2D eigenvalue weighted by atomic mass is 35.5. The Morgan fingerprint density at radius 3 is 2.51 bits per heavy atom. The number of benzene rings is 2. The van der Waals surface area contributed by atoms with Crippen molar-refractivity contribution < 1.29 is 27.5 Å². The Morgan fingerprint density at radius 1 is 1.11 bits per heavy atom. The first-order valence-electron chi connectivity index (χ1n) is 11.9. The maximum atomic E-state index is 13.1. The number of anilines is 1. The summed E-state index contributed by atoms with van der Waals surface area (Å²) in [5.74, 6) is -1.24. The number of halogens is 1. The summed E-state index contributed by atoms with van der Waals surface area (Å²) in [6.07, 6.45) is 2.13. The molecule has 0 saturated carbocycles. The average Bonchev–Trinajstić information content (AvgIpc) is 3.51. The van der Waals surface area contributed by atoms with Crippen LogP contribution in [0.3, 0.4) is 0 Å². The molecule has 0 radical (unpaired) electrons. The smallest absolute Gasteiger partial charge is 0.340 e. The molecule has 1 unspecified atom stereocenters. The largest absolute Gasteiger partial charge is 0.454 e. The van der Waals surface area contributed by atoms with Crippen molar-refractivity contribution in [2.75, 3.05) is 24.6 Å². The Kier molecular flexibility index (Phi) is 8.06. The molecule has 0 amide bonds. The van der Waals surface area contributed by atoms with Gasteiger partial charge in [0, 0.05) is 37.2 Å². The van der Waals surface area contributed by atoms with Gasteiger partial charge in [0.15, 0.2) is 6.61 Å². The molecular formula is C27H29ClN2O6S. The van der Waals surface area contributed by atoms with Crippen molar-refractivity contribution >= 4 is 39.1 Å². The van der Waals surface area contributed by atoms with Gasteiger partial charge in [-0.2, -0.15) is 0 Å². The number of Topliss-reactive ketones (excluding diaryl/α,β-unsaturated/α-hetero) is 1. The fraction of sp³-hybridized carbons (Fsp3) is 0.333. The molecule has 0 aliphatic carbocycles. The highest BCUT2D eigenvalue weighted by Crippen LogP contribution is 2.26. The Balaban J connectivity index is 1.48. The predicted molar refractivity (Wildman–Crippen MR) is 141 cm³/mol. The van der Waals surface area contributed by atoms with E-state index in [-0.39, 0.29) is 27.4 Å². The third-order valence-electron chi connectivity index (χ3n) is 6.55. The zero-order chi connectivity index (χ0) is 26.7. The first-order chi connectivity index (χ1) is 17.6. The molecule has 196 valence electrons. The molecule has 37 heavy (non-hydrogen) atoms. The van der Waals surface area contributed by atoms with Crippen LogP contribution in [-0.2, 0) is 26.0 Å². The molecule has 2 heterocycles. The van der Waals surface area contributed by atoms with Crippen molar-refractivity contribution in [3.05, 3.63) is 82.1 Å². The zero-order valence-electron chi connectivity index (χ0n) is 20.9. The molecular weight excluding hydrogens is 516 g/mol. The number of nitrogens with zero attached hydrogens (tertiary/aromatic N) is 2. The fourth-order valence-corrected chi connectivity index (χ4v) is 5.82. The third-order valence-corrected chi connectivity index (χ3v) is 8.67. The molecule has 8 nitrogen and oxygen atoms in total. The minimum absolute atomic E-state index is 0.0218. The standard InChI is InChI=1S/C27H29ClN2O6S/c1-18-14-23(19(2)30(18)16-21-10-7-13-35-21)26(31)17-36-27(32)24-15-22(11-12-25(24)28)37(33,34)29(3)20-8-5-4-6-9-20/h4-6,8-9,11-12,14-15,21H,7,10,13,16-17H2,1-3H3. The number of carbonyl (C=O) groups is 2. The van der Waals surface area contributed by atoms with Crippen molar-refractivity contribution in [3.8, 4) is 0 Å². The van der Waals surface area contributed by atoms with Crippen LogP contribution in [0.15, 0.2) is 59.5 Å². The first-order valence-corrected chi connectivity index (χ1v) is 13.7. The van der Waals surface area contributed by atoms with Crippen molar-refractivity contribution in [2.45, 2.75) is 44.2 Å². The number of hydrogen-bond donors (Lipinski definition) is 0.